The first-order chi connectivity index (χ1) is 12.4. The number of nitrogens with one attached hydrogen (secondary N) is 2. The summed E-state index contributed by atoms with van der Waals surface area (Å²) in [4.78, 5) is 25.2. The quantitative estimate of drug-likeness (QED) is 0.696. The van der Waals surface area contributed by atoms with Crippen molar-refractivity contribution in [3.8, 4) is 0 Å². The molecule has 0 saturated carbocycles. The number of hydrogen-bond donors (Lipinski definition) is 3. The van der Waals surface area contributed by atoms with Gasteiger partial charge in [0.1, 0.15) is 0 Å². The number of benzene rings is 2. The summed E-state index contributed by atoms with van der Waals surface area (Å²) in [6.45, 7) is 0.757. The van der Waals surface area contributed by atoms with Gasteiger partial charge >= 0.3 is 6.03 Å². The molecule has 7 heteroatoms. The van der Waals surface area contributed by atoms with Crippen molar-refractivity contribution in [3.63, 3.8) is 0 Å². The van der Waals surface area contributed by atoms with E-state index in [4.69, 9.17) is 17.3 Å². The number of amides is 3. The maximum Gasteiger partial charge on any atom is 0.312 e. The molecule has 0 radical (unpaired) electrons. The van der Waals surface area contributed by atoms with E-state index in [9.17, 15) is 9.59 Å². The van der Waals surface area contributed by atoms with Crippen LogP contribution < -0.4 is 16.4 Å². The monoisotopic (exact) mass is 374 g/mol. The molecule has 2 aromatic carbocycles. The zero-order valence-electron chi connectivity index (χ0n) is 14.8. The number of primary amides is 1. The van der Waals surface area contributed by atoms with Crippen LogP contribution in [0.4, 0.5) is 4.79 Å². The largest absolute Gasteiger partial charge is 0.352 e. The number of nitrogens with two attached hydrogens (primary N) is 1. The number of nitrogens with zero attached hydrogens (tertiary/aromatic N) is 1. The molecular weight excluding hydrogens is 352 g/mol. The Morgan fingerprint density at radius 1 is 1.08 bits per heavy atom. The van der Waals surface area contributed by atoms with E-state index in [1.807, 2.05) is 43.3 Å². The molecule has 26 heavy (non-hydrogen) atoms. The second-order valence-corrected chi connectivity index (χ2v) is 6.53. The van der Waals surface area contributed by atoms with Gasteiger partial charge in [-0.2, -0.15) is 0 Å². The summed E-state index contributed by atoms with van der Waals surface area (Å²) in [7, 11) is 3.89. The van der Waals surface area contributed by atoms with E-state index in [-0.39, 0.29) is 11.9 Å². The Morgan fingerprint density at radius 3 is 2.31 bits per heavy atom. The summed E-state index contributed by atoms with van der Waals surface area (Å²) in [6, 6.07) is 14.0. The minimum atomic E-state index is -0.582. The lowest BCUT2D eigenvalue weighted by Crippen LogP contribution is -2.34. The Balaban J connectivity index is 2.00. The van der Waals surface area contributed by atoms with Crippen LogP contribution in [0, 0.1) is 0 Å². The van der Waals surface area contributed by atoms with Crippen molar-refractivity contribution < 1.29 is 9.59 Å². The number of urea groups is 1. The van der Waals surface area contributed by atoms with E-state index in [0.717, 1.165) is 11.1 Å². The molecular formula is C19H23ClN4O2. The third-order valence-electron chi connectivity index (χ3n) is 4.03. The van der Waals surface area contributed by atoms with E-state index in [0.29, 0.717) is 23.7 Å². The molecule has 0 spiro atoms. The summed E-state index contributed by atoms with van der Waals surface area (Å²) in [5.41, 5.74) is 7.42. The Bertz CT molecular complexity index is 762. The van der Waals surface area contributed by atoms with Crippen LogP contribution in [0.2, 0.25) is 5.02 Å². The van der Waals surface area contributed by atoms with Gasteiger partial charge in [0.25, 0.3) is 5.91 Å². The highest BCUT2D eigenvalue weighted by Crippen LogP contribution is 2.25. The van der Waals surface area contributed by atoms with Crippen LogP contribution in [-0.2, 0) is 6.54 Å². The summed E-state index contributed by atoms with van der Waals surface area (Å²) in [5, 5.41) is 6.13. The van der Waals surface area contributed by atoms with Crippen LogP contribution in [0.15, 0.2) is 48.5 Å². The summed E-state index contributed by atoms with van der Waals surface area (Å²) < 4.78 is 0. The molecule has 0 aromatic heterocycles. The fourth-order valence-corrected chi connectivity index (χ4v) is 2.83. The lowest BCUT2D eigenvalue weighted by molar-refractivity contribution is 0.0942. The lowest BCUT2D eigenvalue weighted by atomic mass is 10.1. The maximum atomic E-state index is 12.4. The van der Waals surface area contributed by atoms with Gasteiger partial charge in [0.2, 0.25) is 0 Å². The van der Waals surface area contributed by atoms with E-state index < -0.39 is 6.03 Å². The molecule has 2 aromatic rings. The topological polar surface area (TPSA) is 87.5 Å². The highest BCUT2D eigenvalue weighted by atomic mass is 35.5. The molecule has 3 amide bonds. The maximum absolute atomic E-state index is 12.4. The highest BCUT2D eigenvalue weighted by Gasteiger charge is 2.18. The average Bonchev–Trinajstić information content (AvgIpc) is 2.61. The molecule has 0 heterocycles. The standard InChI is InChI=1S/C19H23ClN4O2/c1-24(2)17(15-5-3-4-6-16(15)20)12-22-18(25)14-9-7-13(8-10-14)11-23-19(21)26/h3-10,17H,11-12H2,1-2H3,(H,22,25)(H3,21,23,26)/t17-/m0/s1. The third-order valence-corrected chi connectivity index (χ3v) is 4.37. The molecule has 0 aliphatic carbocycles. The van der Waals surface area contributed by atoms with Gasteiger partial charge in [-0.15, -0.1) is 0 Å². The zero-order valence-corrected chi connectivity index (χ0v) is 15.6. The SMILES string of the molecule is CN(C)[C@@H](CNC(=O)c1ccc(CNC(N)=O)cc1)c1ccccc1Cl. The van der Waals surface area contributed by atoms with Crippen molar-refractivity contribution >= 4 is 23.5 Å². The van der Waals surface area contributed by atoms with Crippen LogP contribution in [0.5, 0.6) is 0 Å². The lowest BCUT2D eigenvalue weighted by Gasteiger charge is -2.26. The number of likely N-dealkylation sites (N-methyl/N-ethyl adjacent to an activating group) is 1. The van der Waals surface area contributed by atoms with Crippen molar-refractivity contribution in [1.29, 1.82) is 0 Å². The van der Waals surface area contributed by atoms with E-state index >= 15 is 0 Å². The summed E-state index contributed by atoms with van der Waals surface area (Å²) in [6.07, 6.45) is 0. The molecule has 0 aliphatic rings. The fourth-order valence-electron chi connectivity index (χ4n) is 2.57. The second kappa shape index (κ2) is 9.22. The van der Waals surface area contributed by atoms with Gasteiger partial charge < -0.3 is 21.3 Å². The van der Waals surface area contributed by atoms with E-state index in [1.54, 1.807) is 24.3 Å². The molecule has 0 unspecified atom stereocenters. The van der Waals surface area contributed by atoms with Crippen molar-refractivity contribution in [2.24, 2.45) is 5.73 Å². The summed E-state index contributed by atoms with van der Waals surface area (Å²) in [5.74, 6) is -0.168. The number of halogens is 1. The number of carbonyl (C=O) groups is 2. The predicted octanol–water partition coefficient (Wildman–Crippen LogP) is 2.54. The highest BCUT2D eigenvalue weighted by molar-refractivity contribution is 6.31. The zero-order chi connectivity index (χ0) is 19.1. The molecule has 4 N–H and O–H groups in total. The first kappa shape index (κ1) is 19.8. The average molecular weight is 375 g/mol. The molecule has 0 saturated heterocycles. The molecule has 2 rings (SSSR count). The van der Waals surface area contributed by atoms with E-state index in [2.05, 4.69) is 10.6 Å². The van der Waals surface area contributed by atoms with Gasteiger partial charge in [0.15, 0.2) is 0 Å². The van der Waals surface area contributed by atoms with E-state index in [1.165, 1.54) is 0 Å². The van der Waals surface area contributed by atoms with Gasteiger partial charge in [-0.3, -0.25) is 4.79 Å². The number of rotatable bonds is 7. The minimum absolute atomic E-state index is 0.0355. The van der Waals surface area contributed by atoms with Gasteiger partial charge in [0, 0.05) is 23.7 Å². The summed E-state index contributed by atoms with van der Waals surface area (Å²) >= 11 is 6.29. The predicted molar refractivity (Wildman–Crippen MR) is 103 cm³/mol. The molecule has 0 fully saturated rings. The third kappa shape index (κ3) is 5.47. The van der Waals surface area contributed by atoms with Gasteiger partial charge in [-0.25, -0.2) is 4.79 Å². The smallest absolute Gasteiger partial charge is 0.312 e. The van der Waals surface area contributed by atoms with Gasteiger partial charge in [0.05, 0.1) is 6.04 Å². The van der Waals surface area contributed by atoms with Crippen LogP contribution in [0.1, 0.15) is 27.5 Å². The van der Waals surface area contributed by atoms with Gasteiger partial charge in [-0.05, 0) is 43.4 Å². The normalized spacial score (nSPS) is 11.8. The molecule has 0 bridgehead atoms. The molecule has 138 valence electrons. The molecule has 0 aliphatic heterocycles. The van der Waals surface area contributed by atoms with Crippen LogP contribution in [0.25, 0.3) is 0 Å². The number of hydrogen-bond acceptors (Lipinski definition) is 3. The fraction of sp³-hybridized carbons (Fsp3) is 0.263. The van der Waals surface area contributed by atoms with Gasteiger partial charge in [-0.1, -0.05) is 41.9 Å². The Kier molecular flexibility index (Phi) is 7.00. The van der Waals surface area contributed by atoms with Crippen LogP contribution in [-0.4, -0.2) is 37.5 Å². The molecule has 1 atom stereocenters. The number of carbonyl (C=O) groups excluding carboxylic acids is 2. The Hall–Kier alpha value is -2.57. The van der Waals surface area contributed by atoms with Crippen LogP contribution in [0.3, 0.4) is 0 Å². The van der Waals surface area contributed by atoms with Crippen molar-refractivity contribution in [2.75, 3.05) is 20.6 Å². The Morgan fingerprint density at radius 2 is 1.73 bits per heavy atom. The van der Waals surface area contributed by atoms with Crippen LogP contribution >= 0.6 is 11.6 Å². The van der Waals surface area contributed by atoms with Crippen molar-refractivity contribution in [1.82, 2.24) is 15.5 Å². The van der Waals surface area contributed by atoms with Crippen molar-refractivity contribution in [3.05, 3.63) is 70.2 Å². The molecule has 6 nitrogen and oxygen atoms in total. The Labute approximate surface area is 158 Å². The van der Waals surface area contributed by atoms with Crippen molar-refractivity contribution in [2.45, 2.75) is 12.6 Å². The second-order valence-electron chi connectivity index (χ2n) is 6.13. The first-order valence-corrected chi connectivity index (χ1v) is 8.57. The minimum Gasteiger partial charge on any atom is -0.352 e. The first-order valence-electron chi connectivity index (χ1n) is 8.19.